The second-order valence-corrected chi connectivity index (χ2v) is 4.61. The van der Waals surface area contributed by atoms with Crippen LogP contribution in [0.25, 0.3) is 6.08 Å². The topological polar surface area (TPSA) is 75.6 Å². The molecule has 21 heavy (non-hydrogen) atoms. The molecule has 108 valence electrons. The Hall–Kier alpha value is -2.74. The zero-order chi connectivity index (χ0) is 15.2. The summed E-state index contributed by atoms with van der Waals surface area (Å²) < 4.78 is 5.40. The van der Waals surface area contributed by atoms with Crippen LogP contribution in [0.3, 0.4) is 0 Å². The molecule has 0 fully saturated rings. The number of nitrogens with one attached hydrogen (secondary N) is 1. The zero-order valence-electron chi connectivity index (χ0n) is 11.3. The van der Waals surface area contributed by atoms with Crippen LogP contribution in [-0.2, 0) is 16.0 Å². The molecular weight excluding hydrogens is 270 g/mol. The second-order valence-electron chi connectivity index (χ2n) is 4.61. The Bertz CT molecular complexity index is 628. The number of ether oxygens (including phenoxy) is 1. The lowest BCUT2D eigenvalue weighted by Gasteiger charge is -2.09. The van der Waals surface area contributed by atoms with Gasteiger partial charge in [-0.15, -0.1) is 12.3 Å². The van der Waals surface area contributed by atoms with E-state index < -0.39 is 17.9 Å². The number of carbonyl (C=O) groups excluding carboxylic acids is 1. The molecule has 1 aliphatic rings. The van der Waals surface area contributed by atoms with Crippen LogP contribution in [0.4, 0.5) is 0 Å². The fourth-order valence-electron chi connectivity index (χ4n) is 2.02. The molecule has 1 atom stereocenters. The van der Waals surface area contributed by atoms with E-state index in [1.165, 1.54) is 6.08 Å². The molecular formula is C16H15NO4. The molecule has 0 aliphatic carbocycles. The summed E-state index contributed by atoms with van der Waals surface area (Å²) >= 11 is 0. The van der Waals surface area contributed by atoms with Crippen LogP contribution in [0, 0.1) is 12.3 Å². The fraction of sp³-hybridized carbons (Fsp3) is 0.250. The number of terminal acetylenes is 1. The molecule has 1 aromatic carbocycles. The van der Waals surface area contributed by atoms with Crippen molar-refractivity contribution in [2.75, 3.05) is 6.61 Å². The van der Waals surface area contributed by atoms with E-state index in [-0.39, 0.29) is 6.42 Å². The molecule has 1 unspecified atom stereocenters. The van der Waals surface area contributed by atoms with Gasteiger partial charge in [0.25, 0.3) is 0 Å². The molecule has 0 bridgehead atoms. The third-order valence-corrected chi connectivity index (χ3v) is 3.08. The van der Waals surface area contributed by atoms with Crippen molar-refractivity contribution < 1.29 is 19.4 Å². The van der Waals surface area contributed by atoms with E-state index in [2.05, 4.69) is 11.2 Å². The number of hydrogen-bond donors (Lipinski definition) is 2. The van der Waals surface area contributed by atoms with E-state index in [1.807, 2.05) is 18.2 Å². The van der Waals surface area contributed by atoms with Crippen molar-refractivity contribution in [2.24, 2.45) is 0 Å². The molecule has 0 saturated carbocycles. The molecule has 2 rings (SSSR count). The average molecular weight is 285 g/mol. The van der Waals surface area contributed by atoms with Crippen molar-refractivity contribution in [1.82, 2.24) is 5.32 Å². The number of fused-ring (bicyclic) bond motifs is 1. The molecule has 5 heteroatoms. The minimum atomic E-state index is -1.15. The third-order valence-electron chi connectivity index (χ3n) is 3.08. The lowest BCUT2D eigenvalue weighted by Crippen LogP contribution is -2.39. The summed E-state index contributed by atoms with van der Waals surface area (Å²) in [6, 6.07) is 4.57. The maximum Gasteiger partial charge on any atom is 0.327 e. The largest absolute Gasteiger partial charge is 0.493 e. The van der Waals surface area contributed by atoms with Crippen LogP contribution in [0.1, 0.15) is 17.5 Å². The summed E-state index contributed by atoms with van der Waals surface area (Å²) in [5.74, 6) is 1.45. The van der Waals surface area contributed by atoms with Gasteiger partial charge >= 0.3 is 5.97 Å². The van der Waals surface area contributed by atoms with Gasteiger partial charge in [0.1, 0.15) is 11.8 Å². The number of benzene rings is 1. The predicted octanol–water partition coefficient (Wildman–Crippen LogP) is 1.23. The Morgan fingerprint density at radius 2 is 2.33 bits per heavy atom. The smallest absolute Gasteiger partial charge is 0.327 e. The first kappa shape index (κ1) is 14.7. The molecule has 0 saturated heterocycles. The summed E-state index contributed by atoms with van der Waals surface area (Å²) in [6.07, 6.45) is 8.79. The molecule has 5 nitrogen and oxygen atoms in total. The number of carboxylic acid groups (broad SMARTS) is 1. The van der Waals surface area contributed by atoms with Gasteiger partial charge in [0.15, 0.2) is 0 Å². The minimum absolute atomic E-state index is 0.0505. The van der Waals surface area contributed by atoms with E-state index in [0.29, 0.717) is 6.61 Å². The van der Waals surface area contributed by atoms with E-state index in [9.17, 15) is 9.59 Å². The van der Waals surface area contributed by atoms with Crippen molar-refractivity contribution in [3.63, 3.8) is 0 Å². The first-order valence-electron chi connectivity index (χ1n) is 6.50. The first-order chi connectivity index (χ1) is 10.1. The monoisotopic (exact) mass is 285 g/mol. The van der Waals surface area contributed by atoms with E-state index >= 15 is 0 Å². The molecule has 0 radical (unpaired) electrons. The number of rotatable bonds is 5. The first-order valence-corrected chi connectivity index (χ1v) is 6.50. The van der Waals surface area contributed by atoms with Crippen LogP contribution in [0.2, 0.25) is 0 Å². The quantitative estimate of drug-likeness (QED) is 0.630. The summed E-state index contributed by atoms with van der Waals surface area (Å²) in [7, 11) is 0. The molecule has 1 aliphatic heterocycles. The Balaban J connectivity index is 1.99. The van der Waals surface area contributed by atoms with Gasteiger partial charge in [0, 0.05) is 18.9 Å². The highest BCUT2D eigenvalue weighted by Crippen LogP contribution is 2.26. The van der Waals surface area contributed by atoms with E-state index in [0.717, 1.165) is 23.3 Å². The Morgan fingerprint density at radius 1 is 1.52 bits per heavy atom. The molecule has 1 heterocycles. The van der Waals surface area contributed by atoms with Gasteiger partial charge in [-0.2, -0.15) is 0 Å². The van der Waals surface area contributed by atoms with Crippen LogP contribution < -0.4 is 10.1 Å². The van der Waals surface area contributed by atoms with Gasteiger partial charge in [-0.1, -0.05) is 6.07 Å². The fourth-order valence-corrected chi connectivity index (χ4v) is 2.02. The maximum atomic E-state index is 11.7. The van der Waals surface area contributed by atoms with Crippen molar-refractivity contribution in [1.29, 1.82) is 0 Å². The minimum Gasteiger partial charge on any atom is -0.493 e. The SMILES string of the molecule is C#CCC(NC(=O)/C=C/c1ccc2c(c1)CCO2)C(=O)O. The standard InChI is InChI=1S/C16H15NO4/c1-2-3-13(16(19)20)17-15(18)7-5-11-4-6-14-12(10-11)8-9-21-14/h1,4-7,10,13H,3,8-9H2,(H,17,18)(H,19,20)/b7-5+. The summed E-state index contributed by atoms with van der Waals surface area (Å²) in [4.78, 5) is 22.6. The number of aliphatic carboxylic acids is 1. The van der Waals surface area contributed by atoms with Crippen LogP contribution in [0.15, 0.2) is 24.3 Å². The second kappa shape index (κ2) is 6.62. The van der Waals surface area contributed by atoms with Crippen molar-refractivity contribution >= 4 is 18.0 Å². The van der Waals surface area contributed by atoms with Gasteiger partial charge < -0.3 is 15.2 Å². The van der Waals surface area contributed by atoms with Crippen molar-refractivity contribution in [3.05, 3.63) is 35.4 Å². The molecule has 1 aromatic rings. The zero-order valence-corrected chi connectivity index (χ0v) is 11.3. The highest BCUT2D eigenvalue weighted by Gasteiger charge is 2.17. The van der Waals surface area contributed by atoms with E-state index in [1.54, 1.807) is 6.08 Å². The third kappa shape index (κ3) is 3.86. The summed E-state index contributed by atoms with van der Waals surface area (Å²) in [5, 5.41) is 11.2. The van der Waals surface area contributed by atoms with Gasteiger partial charge in [-0.3, -0.25) is 4.79 Å². The lowest BCUT2D eigenvalue weighted by molar-refractivity contribution is -0.141. The number of carbonyl (C=O) groups is 2. The Kier molecular flexibility index (Phi) is 4.62. The van der Waals surface area contributed by atoms with Gasteiger partial charge in [0.05, 0.1) is 6.61 Å². The van der Waals surface area contributed by atoms with Gasteiger partial charge in [-0.05, 0) is 29.3 Å². The van der Waals surface area contributed by atoms with Crippen LogP contribution in [0.5, 0.6) is 5.75 Å². The summed E-state index contributed by atoms with van der Waals surface area (Å²) in [5.41, 5.74) is 1.96. The number of carboxylic acids is 1. The molecule has 0 aromatic heterocycles. The maximum absolute atomic E-state index is 11.7. The Labute approximate surface area is 122 Å². The van der Waals surface area contributed by atoms with E-state index in [4.69, 9.17) is 16.3 Å². The summed E-state index contributed by atoms with van der Waals surface area (Å²) in [6.45, 7) is 0.676. The Morgan fingerprint density at radius 3 is 3.05 bits per heavy atom. The van der Waals surface area contributed by atoms with Gasteiger partial charge in [0.2, 0.25) is 5.91 Å². The van der Waals surface area contributed by atoms with Crippen molar-refractivity contribution in [3.8, 4) is 18.1 Å². The molecule has 0 spiro atoms. The normalized spacial score (nSPS) is 14.0. The number of amides is 1. The average Bonchev–Trinajstić information content (AvgIpc) is 2.92. The predicted molar refractivity (Wildman–Crippen MR) is 77.7 cm³/mol. The van der Waals surface area contributed by atoms with Gasteiger partial charge in [-0.25, -0.2) is 4.79 Å². The molecule has 2 N–H and O–H groups in total. The highest BCUT2D eigenvalue weighted by molar-refractivity contribution is 5.94. The van der Waals surface area contributed by atoms with Crippen molar-refractivity contribution in [2.45, 2.75) is 18.9 Å². The highest BCUT2D eigenvalue weighted by atomic mass is 16.5. The molecule has 1 amide bonds. The van der Waals surface area contributed by atoms with Crippen LogP contribution >= 0.6 is 0 Å². The lowest BCUT2D eigenvalue weighted by atomic mass is 10.1. The number of hydrogen-bond acceptors (Lipinski definition) is 3. The van der Waals surface area contributed by atoms with Crippen LogP contribution in [-0.4, -0.2) is 29.6 Å².